The van der Waals surface area contributed by atoms with Crippen molar-refractivity contribution in [2.75, 3.05) is 0 Å². The van der Waals surface area contributed by atoms with E-state index in [0.717, 1.165) is 0 Å². The number of amides is 1. The van der Waals surface area contributed by atoms with Gasteiger partial charge in [-0.1, -0.05) is 0 Å². The molecule has 0 aliphatic rings. The zero-order chi connectivity index (χ0) is 16.6. The average molecular weight is 307 g/mol. The number of aryl methyl sites for hydroxylation is 1. The predicted molar refractivity (Wildman–Crippen MR) is 63.9 cm³/mol. The summed E-state index contributed by atoms with van der Waals surface area (Å²) in [5.41, 5.74) is -4.85. The van der Waals surface area contributed by atoms with E-state index in [-0.39, 0.29) is 11.3 Å². The molecule has 1 amide bonds. The molecular formula is C11H12F3N3O4. The van der Waals surface area contributed by atoms with E-state index in [2.05, 4.69) is 5.10 Å². The van der Waals surface area contributed by atoms with Gasteiger partial charge in [0.1, 0.15) is 5.56 Å². The lowest BCUT2D eigenvalue weighted by molar-refractivity contribution is -0.203. The summed E-state index contributed by atoms with van der Waals surface area (Å²) in [5.74, 6) is -3.73. The van der Waals surface area contributed by atoms with Crippen LogP contribution in [-0.2, 0) is 4.79 Å². The Balaban J connectivity index is 3.32. The molecule has 1 rings (SSSR count). The molecule has 1 aromatic heterocycles. The van der Waals surface area contributed by atoms with E-state index in [4.69, 9.17) is 5.11 Å². The van der Waals surface area contributed by atoms with Gasteiger partial charge >= 0.3 is 12.1 Å². The van der Waals surface area contributed by atoms with Crippen LogP contribution in [0.1, 0.15) is 28.5 Å². The molecule has 0 spiro atoms. The smallest absolute Gasteiger partial charge is 0.422 e. The first kappa shape index (κ1) is 16.7. The lowest BCUT2D eigenvalue weighted by Crippen LogP contribution is -2.62. The number of aromatic nitrogens is 2. The van der Waals surface area contributed by atoms with Gasteiger partial charge in [-0.05, 0) is 26.3 Å². The molecular weight excluding hydrogens is 295 g/mol. The number of halogens is 3. The molecule has 0 bridgehead atoms. The Hall–Kier alpha value is -2.39. The predicted octanol–water partition coefficient (Wildman–Crippen LogP) is 0.522. The van der Waals surface area contributed by atoms with Crippen molar-refractivity contribution in [1.82, 2.24) is 15.5 Å². The zero-order valence-electron chi connectivity index (χ0n) is 11.3. The highest BCUT2D eigenvalue weighted by Crippen LogP contribution is 2.30. The van der Waals surface area contributed by atoms with Crippen molar-refractivity contribution < 1.29 is 27.9 Å². The fraction of sp³-hybridized carbons (Fsp3) is 0.455. The first-order chi connectivity index (χ1) is 9.41. The number of hydrogen-bond donors (Lipinski definition) is 3. The molecule has 0 saturated heterocycles. The normalized spacial score (nSPS) is 14.4. The maximum atomic E-state index is 12.8. The van der Waals surface area contributed by atoms with Crippen LogP contribution in [0.25, 0.3) is 0 Å². The molecule has 10 heteroatoms. The van der Waals surface area contributed by atoms with Crippen LogP contribution in [0, 0.1) is 13.8 Å². The van der Waals surface area contributed by atoms with E-state index in [1.165, 1.54) is 19.2 Å². The molecule has 0 aromatic carbocycles. The lowest BCUT2D eigenvalue weighted by Gasteiger charge is -2.28. The number of carbonyl (C=O) groups excluding carboxylic acids is 1. The van der Waals surface area contributed by atoms with Crippen molar-refractivity contribution in [2.45, 2.75) is 32.5 Å². The van der Waals surface area contributed by atoms with Crippen LogP contribution in [0.15, 0.2) is 4.79 Å². The van der Waals surface area contributed by atoms with Gasteiger partial charge in [-0.15, -0.1) is 0 Å². The van der Waals surface area contributed by atoms with Crippen molar-refractivity contribution >= 4 is 11.9 Å². The van der Waals surface area contributed by atoms with Crippen LogP contribution in [0.2, 0.25) is 0 Å². The molecule has 0 aliphatic carbocycles. The number of alkyl halides is 3. The SMILES string of the molecule is Cc1n[nH]c(=O)c(C(=O)NC(C)(C(=O)O)C(F)(F)F)c1C. The van der Waals surface area contributed by atoms with Crippen LogP contribution >= 0.6 is 0 Å². The van der Waals surface area contributed by atoms with Gasteiger partial charge in [0, 0.05) is 0 Å². The minimum Gasteiger partial charge on any atom is -0.479 e. The number of nitrogens with zero attached hydrogens (tertiary/aromatic N) is 1. The summed E-state index contributed by atoms with van der Waals surface area (Å²) in [6.45, 7) is 3.05. The molecule has 21 heavy (non-hydrogen) atoms. The van der Waals surface area contributed by atoms with Crippen molar-refractivity contribution in [1.29, 1.82) is 0 Å². The monoisotopic (exact) mass is 307 g/mol. The molecule has 1 unspecified atom stereocenters. The molecule has 1 aromatic rings. The maximum absolute atomic E-state index is 12.8. The highest BCUT2D eigenvalue weighted by Gasteiger charge is 2.58. The summed E-state index contributed by atoms with van der Waals surface area (Å²) in [5, 5.41) is 15.6. The fourth-order valence-electron chi connectivity index (χ4n) is 1.43. The van der Waals surface area contributed by atoms with Gasteiger partial charge in [-0.3, -0.25) is 9.59 Å². The van der Waals surface area contributed by atoms with E-state index >= 15 is 0 Å². The molecule has 1 heterocycles. The van der Waals surface area contributed by atoms with Crippen LogP contribution < -0.4 is 10.9 Å². The number of H-pyrrole nitrogens is 1. The van der Waals surface area contributed by atoms with E-state index in [9.17, 15) is 27.6 Å². The second-order valence-corrected chi connectivity index (χ2v) is 4.52. The van der Waals surface area contributed by atoms with Crippen LogP contribution in [-0.4, -0.2) is 38.9 Å². The Morgan fingerprint density at radius 3 is 2.24 bits per heavy atom. The van der Waals surface area contributed by atoms with Crippen LogP contribution in [0.5, 0.6) is 0 Å². The van der Waals surface area contributed by atoms with Crippen molar-refractivity contribution in [3.05, 3.63) is 27.2 Å². The third-order valence-electron chi connectivity index (χ3n) is 3.06. The minimum absolute atomic E-state index is 0.0613. The van der Waals surface area contributed by atoms with Crippen molar-refractivity contribution in [3.63, 3.8) is 0 Å². The largest absolute Gasteiger partial charge is 0.479 e. The Kier molecular flexibility index (Phi) is 4.11. The number of carbonyl (C=O) groups is 2. The van der Waals surface area contributed by atoms with E-state index < -0.39 is 34.7 Å². The molecule has 116 valence electrons. The van der Waals surface area contributed by atoms with Crippen molar-refractivity contribution in [3.8, 4) is 0 Å². The number of hydrogen-bond acceptors (Lipinski definition) is 4. The fourth-order valence-corrected chi connectivity index (χ4v) is 1.43. The standard InChI is InChI=1S/C11H12F3N3O4/c1-4-5(2)16-17-8(19)6(4)7(18)15-10(3,9(20)21)11(12,13)14/h1-3H3,(H,15,18)(H,17,19)(H,20,21). The third-order valence-corrected chi connectivity index (χ3v) is 3.06. The lowest BCUT2D eigenvalue weighted by atomic mass is 10.0. The Morgan fingerprint density at radius 2 is 1.81 bits per heavy atom. The average Bonchev–Trinajstić information content (AvgIpc) is 2.32. The summed E-state index contributed by atoms with van der Waals surface area (Å²) in [7, 11) is 0. The van der Waals surface area contributed by atoms with Crippen LogP contribution in [0.3, 0.4) is 0 Å². The van der Waals surface area contributed by atoms with Gasteiger partial charge < -0.3 is 10.4 Å². The number of nitrogens with one attached hydrogen (secondary N) is 2. The van der Waals surface area contributed by atoms with Gasteiger partial charge in [0.25, 0.3) is 11.5 Å². The number of rotatable bonds is 3. The van der Waals surface area contributed by atoms with E-state index in [1.54, 1.807) is 0 Å². The summed E-state index contributed by atoms with van der Waals surface area (Å²) in [4.78, 5) is 34.3. The summed E-state index contributed by atoms with van der Waals surface area (Å²) in [6.07, 6.45) is -5.24. The highest BCUT2D eigenvalue weighted by atomic mass is 19.4. The van der Waals surface area contributed by atoms with E-state index in [0.29, 0.717) is 6.92 Å². The van der Waals surface area contributed by atoms with Gasteiger partial charge in [0.05, 0.1) is 5.69 Å². The van der Waals surface area contributed by atoms with Crippen LogP contribution in [0.4, 0.5) is 13.2 Å². The number of aromatic amines is 1. The summed E-state index contributed by atoms with van der Waals surface area (Å²) < 4.78 is 38.5. The van der Waals surface area contributed by atoms with Gasteiger partial charge in [-0.25, -0.2) is 9.89 Å². The second-order valence-electron chi connectivity index (χ2n) is 4.52. The number of aliphatic carboxylic acids is 1. The third kappa shape index (κ3) is 2.88. The summed E-state index contributed by atoms with van der Waals surface area (Å²) >= 11 is 0. The topological polar surface area (TPSA) is 112 Å². The zero-order valence-corrected chi connectivity index (χ0v) is 11.3. The molecule has 0 radical (unpaired) electrons. The van der Waals surface area contributed by atoms with Crippen molar-refractivity contribution in [2.24, 2.45) is 0 Å². The number of carboxylic acids is 1. The highest BCUT2D eigenvalue weighted by molar-refractivity contribution is 5.98. The minimum atomic E-state index is -5.24. The first-order valence-electron chi connectivity index (χ1n) is 5.60. The van der Waals surface area contributed by atoms with Gasteiger partial charge in [-0.2, -0.15) is 18.3 Å². The Morgan fingerprint density at radius 1 is 1.29 bits per heavy atom. The molecule has 0 aliphatic heterocycles. The molecule has 3 N–H and O–H groups in total. The van der Waals surface area contributed by atoms with Gasteiger partial charge in [0.2, 0.25) is 5.54 Å². The number of carboxylic acid groups (broad SMARTS) is 1. The maximum Gasteiger partial charge on any atom is 0.422 e. The molecule has 1 atom stereocenters. The van der Waals surface area contributed by atoms with Gasteiger partial charge in [0.15, 0.2) is 0 Å². The second kappa shape index (κ2) is 5.19. The Labute approximate surface area is 116 Å². The Bertz CT molecular complexity index is 653. The molecule has 0 fully saturated rings. The van der Waals surface area contributed by atoms with E-state index in [1.807, 2.05) is 5.10 Å². The molecule has 0 saturated carbocycles. The summed E-state index contributed by atoms with van der Waals surface area (Å²) in [6, 6.07) is 0. The molecule has 7 nitrogen and oxygen atoms in total. The quantitative estimate of drug-likeness (QED) is 0.753. The first-order valence-corrected chi connectivity index (χ1v) is 5.60.